The lowest BCUT2D eigenvalue weighted by Gasteiger charge is -2.14. The van der Waals surface area contributed by atoms with Crippen LogP contribution in [0.15, 0.2) is 34.9 Å². The second-order valence-corrected chi connectivity index (χ2v) is 5.99. The summed E-state index contributed by atoms with van der Waals surface area (Å²) < 4.78 is 5.63. The van der Waals surface area contributed by atoms with Crippen LogP contribution in [0.25, 0.3) is 0 Å². The summed E-state index contributed by atoms with van der Waals surface area (Å²) in [7, 11) is 0. The maximum atomic E-state index is 11.8. The molecule has 22 heavy (non-hydrogen) atoms. The van der Waals surface area contributed by atoms with Crippen molar-refractivity contribution in [2.45, 2.75) is 47.5 Å². The fourth-order valence-electron chi connectivity index (χ4n) is 2.03. The first-order valence-electron chi connectivity index (χ1n) is 7.51. The summed E-state index contributed by atoms with van der Waals surface area (Å²) in [6, 6.07) is 5.99. The maximum Gasteiger partial charge on any atom is 0.277 e. The number of amides is 1. The largest absolute Gasteiger partial charge is 0.483 e. The molecule has 0 atom stereocenters. The Bertz CT molecular complexity index is 583. The summed E-state index contributed by atoms with van der Waals surface area (Å²) in [5, 5.41) is 4.01. The Labute approximate surface area is 133 Å². The number of benzene rings is 1. The van der Waals surface area contributed by atoms with E-state index in [0.717, 1.165) is 22.6 Å². The molecule has 1 N–H and O–H groups in total. The van der Waals surface area contributed by atoms with Gasteiger partial charge in [-0.05, 0) is 51.3 Å². The van der Waals surface area contributed by atoms with E-state index in [1.165, 1.54) is 5.56 Å². The summed E-state index contributed by atoms with van der Waals surface area (Å²) >= 11 is 0. The van der Waals surface area contributed by atoms with E-state index in [1.807, 2.05) is 45.9 Å². The summed E-state index contributed by atoms with van der Waals surface area (Å²) in [6.07, 6.45) is 1.90. The van der Waals surface area contributed by atoms with E-state index in [9.17, 15) is 4.79 Å². The Morgan fingerprint density at radius 2 is 2.00 bits per heavy atom. The summed E-state index contributed by atoms with van der Waals surface area (Å²) in [5.41, 5.74) is 6.68. The molecule has 0 aliphatic rings. The number of ether oxygens (including phenoxy) is 1. The third-order valence-corrected chi connectivity index (χ3v) is 3.00. The zero-order valence-corrected chi connectivity index (χ0v) is 14.4. The van der Waals surface area contributed by atoms with Gasteiger partial charge in [0.05, 0.1) is 5.71 Å². The maximum absolute atomic E-state index is 11.8. The quantitative estimate of drug-likeness (QED) is 0.639. The number of hydrogen-bond donors (Lipinski definition) is 1. The Hall–Kier alpha value is -2.10. The minimum absolute atomic E-state index is 0.0472. The van der Waals surface area contributed by atoms with E-state index in [0.29, 0.717) is 5.92 Å². The van der Waals surface area contributed by atoms with Gasteiger partial charge in [0.1, 0.15) is 5.75 Å². The molecule has 1 rings (SSSR count). The van der Waals surface area contributed by atoms with Gasteiger partial charge in [-0.25, -0.2) is 5.43 Å². The van der Waals surface area contributed by atoms with Crippen LogP contribution >= 0.6 is 0 Å². The van der Waals surface area contributed by atoms with Gasteiger partial charge in [-0.3, -0.25) is 4.79 Å². The van der Waals surface area contributed by atoms with E-state index in [1.54, 1.807) is 0 Å². The summed E-state index contributed by atoms with van der Waals surface area (Å²) in [6.45, 7) is 12.0. The van der Waals surface area contributed by atoms with Crippen molar-refractivity contribution in [1.82, 2.24) is 5.43 Å². The molecule has 0 aliphatic heterocycles. The first-order chi connectivity index (χ1) is 10.3. The number of hydrazone groups is 1. The first kappa shape index (κ1) is 18.0. The number of carbonyl (C=O) groups is 1. The van der Waals surface area contributed by atoms with Gasteiger partial charge in [0.15, 0.2) is 6.61 Å². The number of nitrogens with one attached hydrogen (secondary N) is 1. The molecule has 0 bridgehead atoms. The molecular weight excluding hydrogens is 276 g/mol. The van der Waals surface area contributed by atoms with Gasteiger partial charge in [0.2, 0.25) is 0 Å². The number of hydrogen-bond acceptors (Lipinski definition) is 3. The Balaban J connectivity index is 2.63. The van der Waals surface area contributed by atoms with Crippen LogP contribution < -0.4 is 10.2 Å². The van der Waals surface area contributed by atoms with E-state index in [2.05, 4.69) is 30.4 Å². The number of rotatable bonds is 6. The molecule has 0 aromatic heterocycles. The van der Waals surface area contributed by atoms with Crippen molar-refractivity contribution in [2.24, 2.45) is 5.10 Å². The number of nitrogens with zero attached hydrogens (tertiary/aromatic N) is 1. The average Bonchev–Trinajstić information content (AvgIpc) is 2.42. The van der Waals surface area contributed by atoms with Crippen molar-refractivity contribution in [1.29, 1.82) is 0 Å². The molecule has 0 radical (unpaired) electrons. The molecule has 0 aliphatic carbocycles. The molecule has 1 amide bonds. The standard InChI is InChI=1S/C18H26N2O2/c1-12(2)9-15(6)19-20-18(21)11-22-17-8-7-14(5)10-16(17)13(3)4/h7-10,13H,11H2,1-6H3,(H,20,21)/b19-15-. The molecule has 4 heteroatoms. The molecule has 0 fully saturated rings. The number of carbonyl (C=O) groups excluding carboxylic acids is 1. The van der Waals surface area contributed by atoms with Gasteiger partial charge in [0.25, 0.3) is 5.91 Å². The second kappa shape index (κ2) is 8.37. The molecular formula is C18H26N2O2. The molecule has 0 unspecified atom stereocenters. The van der Waals surface area contributed by atoms with Crippen LogP contribution in [-0.4, -0.2) is 18.2 Å². The molecule has 0 saturated heterocycles. The van der Waals surface area contributed by atoms with E-state index in [4.69, 9.17) is 4.74 Å². The van der Waals surface area contributed by atoms with Crippen molar-refractivity contribution in [3.63, 3.8) is 0 Å². The Kier molecular flexibility index (Phi) is 6.83. The zero-order chi connectivity index (χ0) is 16.7. The lowest BCUT2D eigenvalue weighted by Crippen LogP contribution is -2.25. The third kappa shape index (κ3) is 6.12. The van der Waals surface area contributed by atoms with Gasteiger partial charge in [-0.1, -0.05) is 37.1 Å². The van der Waals surface area contributed by atoms with Gasteiger partial charge >= 0.3 is 0 Å². The molecule has 120 valence electrons. The highest BCUT2D eigenvalue weighted by atomic mass is 16.5. The lowest BCUT2D eigenvalue weighted by molar-refractivity contribution is -0.123. The molecule has 1 aromatic rings. The van der Waals surface area contributed by atoms with Crippen LogP contribution in [0.2, 0.25) is 0 Å². The minimum atomic E-state index is -0.267. The molecule has 0 spiro atoms. The van der Waals surface area contributed by atoms with Gasteiger partial charge < -0.3 is 4.74 Å². The van der Waals surface area contributed by atoms with Crippen LogP contribution in [0.5, 0.6) is 5.75 Å². The number of aryl methyl sites for hydroxylation is 1. The van der Waals surface area contributed by atoms with Crippen molar-refractivity contribution < 1.29 is 9.53 Å². The normalized spacial score (nSPS) is 11.3. The highest BCUT2D eigenvalue weighted by Gasteiger charge is 2.10. The Morgan fingerprint density at radius 1 is 1.32 bits per heavy atom. The van der Waals surface area contributed by atoms with E-state index in [-0.39, 0.29) is 12.5 Å². The van der Waals surface area contributed by atoms with Crippen molar-refractivity contribution in [3.8, 4) is 5.75 Å². The topological polar surface area (TPSA) is 50.7 Å². The van der Waals surface area contributed by atoms with Crippen molar-refractivity contribution in [3.05, 3.63) is 41.0 Å². The van der Waals surface area contributed by atoms with Gasteiger partial charge in [-0.2, -0.15) is 5.10 Å². The molecule has 1 aromatic carbocycles. The van der Waals surface area contributed by atoms with Crippen LogP contribution in [0.1, 0.15) is 51.7 Å². The van der Waals surface area contributed by atoms with Crippen LogP contribution in [0.3, 0.4) is 0 Å². The van der Waals surface area contributed by atoms with Crippen LogP contribution in [0, 0.1) is 6.92 Å². The monoisotopic (exact) mass is 302 g/mol. The second-order valence-electron chi connectivity index (χ2n) is 5.99. The van der Waals surface area contributed by atoms with Crippen molar-refractivity contribution in [2.75, 3.05) is 6.61 Å². The fraction of sp³-hybridized carbons (Fsp3) is 0.444. The average molecular weight is 302 g/mol. The highest BCUT2D eigenvalue weighted by Crippen LogP contribution is 2.27. The summed E-state index contributed by atoms with van der Waals surface area (Å²) in [4.78, 5) is 11.8. The zero-order valence-electron chi connectivity index (χ0n) is 14.4. The fourth-order valence-corrected chi connectivity index (χ4v) is 2.03. The Morgan fingerprint density at radius 3 is 2.59 bits per heavy atom. The van der Waals surface area contributed by atoms with Crippen molar-refractivity contribution >= 4 is 11.6 Å². The molecule has 0 saturated carbocycles. The van der Waals surface area contributed by atoms with E-state index >= 15 is 0 Å². The van der Waals surface area contributed by atoms with Crippen LogP contribution in [0.4, 0.5) is 0 Å². The van der Waals surface area contributed by atoms with Gasteiger partial charge in [0, 0.05) is 0 Å². The number of allylic oxidation sites excluding steroid dienone is 2. The molecule has 0 heterocycles. The lowest BCUT2D eigenvalue weighted by atomic mass is 10.00. The predicted molar refractivity (Wildman–Crippen MR) is 91.4 cm³/mol. The van der Waals surface area contributed by atoms with Gasteiger partial charge in [-0.15, -0.1) is 0 Å². The third-order valence-electron chi connectivity index (χ3n) is 3.00. The SMILES string of the molecule is CC(C)=C/C(C)=N\NC(=O)COc1ccc(C)cc1C(C)C. The molecule has 4 nitrogen and oxygen atoms in total. The summed E-state index contributed by atoms with van der Waals surface area (Å²) in [5.74, 6) is 0.827. The highest BCUT2D eigenvalue weighted by molar-refractivity contribution is 5.94. The predicted octanol–water partition coefficient (Wildman–Crippen LogP) is 3.96. The van der Waals surface area contributed by atoms with Crippen LogP contribution in [-0.2, 0) is 4.79 Å². The first-order valence-corrected chi connectivity index (χ1v) is 7.51. The smallest absolute Gasteiger partial charge is 0.277 e. The van der Waals surface area contributed by atoms with E-state index < -0.39 is 0 Å². The minimum Gasteiger partial charge on any atom is -0.483 e.